The highest BCUT2D eigenvalue weighted by molar-refractivity contribution is 5.91. The van der Waals surface area contributed by atoms with Crippen molar-refractivity contribution in [2.75, 3.05) is 0 Å². The monoisotopic (exact) mass is 325 g/mol. The van der Waals surface area contributed by atoms with Gasteiger partial charge in [-0.3, -0.25) is 4.79 Å². The smallest absolute Gasteiger partial charge is 0.287 e. The number of amides is 1. The van der Waals surface area contributed by atoms with Crippen molar-refractivity contribution in [3.8, 4) is 5.75 Å². The summed E-state index contributed by atoms with van der Waals surface area (Å²) in [6.07, 6.45) is 0. The summed E-state index contributed by atoms with van der Waals surface area (Å²) in [4.78, 5) is 12.1. The van der Waals surface area contributed by atoms with Gasteiger partial charge in [0.05, 0.1) is 0 Å². The number of nitrogens with one attached hydrogen (secondary N) is 1. The second-order valence-electron chi connectivity index (χ2n) is 5.18. The Balaban J connectivity index is 1.53. The van der Waals surface area contributed by atoms with Gasteiger partial charge in [0.25, 0.3) is 5.91 Å². The quantitative estimate of drug-likeness (QED) is 0.747. The lowest BCUT2D eigenvalue weighted by atomic mass is 10.2. The van der Waals surface area contributed by atoms with E-state index in [1.807, 2.05) is 30.3 Å². The molecular weight excluding hydrogens is 309 g/mol. The Morgan fingerprint density at radius 1 is 1.04 bits per heavy atom. The minimum absolute atomic E-state index is 0.193. The highest BCUT2D eigenvalue weighted by Gasteiger charge is 2.11. The van der Waals surface area contributed by atoms with Crippen molar-refractivity contribution in [2.45, 2.75) is 13.2 Å². The summed E-state index contributed by atoms with van der Waals surface area (Å²) in [5, 5.41) is 2.69. The Morgan fingerprint density at radius 2 is 1.88 bits per heavy atom. The van der Waals surface area contributed by atoms with Gasteiger partial charge in [0.15, 0.2) is 5.76 Å². The van der Waals surface area contributed by atoms with Gasteiger partial charge in [0.1, 0.15) is 23.9 Å². The van der Waals surface area contributed by atoms with Crippen LogP contribution in [0.15, 0.2) is 71.1 Å². The molecule has 5 heteroatoms. The first kappa shape index (κ1) is 15.8. The number of ether oxygens (including phenoxy) is 1. The van der Waals surface area contributed by atoms with Crippen molar-refractivity contribution in [2.24, 2.45) is 0 Å². The van der Waals surface area contributed by atoms with E-state index in [1.54, 1.807) is 24.3 Å². The maximum atomic E-state index is 13.1. The Morgan fingerprint density at radius 3 is 2.67 bits per heavy atom. The summed E-state index contributed by atoms with van der Waals surface area (Å²) in [6, 6.07) is 18.7. The summed E-state index contributed by atoms with van der Waals surface area (Å²) >= 11 is 0. The highest BCUT2D eigenvalue weighted by atomic mass is 19.1. The molecule has 0 bridgehead atoms. The number of hydrogen-bond donors (Lipinski definition) is 1. The van der Waals surface area contributed by atoms with Gasteiger partial charge in [-0.1, -0.05) is 30.3 Å². The Bertz CT molecular complexity index is 814. The second-order valence-corrected chi connectivity index (χ2v) is 5.18. The maximum absolute atomic E-state index is 13.1. The van der Waals surface area contributed by atoms with E-state index in [0.29, 0.717) is 11.3 Å². The normalized spacial score (nSPS) is 10.4. The van der Waals surface area contributed by atoms with Gasteiger partial charge < -0.3 is 14.5 Å². The lowest BCUT2D eigenvalue weighted by Crippen LogP contribution is -2.22. The highest BCUT2D eigenvalue weighted by Crippen LogP contribution is 2.14. The summed E-state index contributed by atoms with van der Waals surface area (Å²) in [6.45, 7) is 0.467. The minimum Gasteiger partial charge on any atom is -0.486 e. The summed E-state index contributed by atoms with van der Waals surface area (Å²) < 4.78 is 24.1. The molecule has 0 aliphatic rings. The second kappa shape index (κ2) is 7.46. The molecule has 1 amide bonds. The molecule has 0 fully saturated rings. The molecule has 0 spiro atoms. The molecule has 1 heterocycles. The van der Waals surface area contributed by atoms with Gasteiger partial charge in [0, 0.05) is 6.54 Å². The first-order valence-corrected chi connectivity index (χ1v) is 7.50. The number of para-hydroxylation sites is 1. The summed E-state index contributed by atoms with van der Waals surface area (Å²) in [7, 11) is 0. The van der Waals surface area contributed by atoms with Crippen LogP contribution in [0.5, 0.6) is 5.75 Å². The number of halogens is 1. The largest absolute Gasteiger partial charge is 0.486 e. The van der Waals surface area contributed by atoms with Crippen LogP contribution in [0.4, 0.5) is 4.39 Å². The van der Waals surface area contributed by atoms with Crippen LogP contribution in [-0.2, 0) is 13.2 Å². The predicted octanol–water partition coefficient (Wildman–Crippen LogP) is 3.93. The van der Waals surface area contributed by atoms with Crippen LogP contribution in [0, 0.1) is 5.82 Å². The topological polar surface area (TPSA) is 51.5 Å². The first-order chi connectivity index (χ1) is 11.7. The van der Waals surface area contributed by atoms with E-state index in [2.05, 4.69) is 5.32 Å². The average Bonchev–Trinajstić information content (AvgIpc) is 3.08. The number of hydrogen-bond acceptors (Lipinski definition) is 3. The number of benzene rings is 2. The number of furan rings is 1. The Kier molecular flexibility index (Phi) is 4.91. The molecule has 0 saturated heterocycles. The Hall–Kier alpha value is -3.08. The van der Waals surface area contributed by atoms with E-state index in [1.165, 1.54) is 12.1 Å². The van der Waals surface area contributed by atoms with Crippen molar-refractivity contribution < 1.29 is 18.3 Å². The molecule has 1 N–H and O–H groups in total. The summed E-state index contributed by atoms with van der Waals surface area (Å²) in [5.41, 5.74) is 0.683. The van der Waals surface area contributed by atoms with E-state index in [4.69, 9.17) is 9.15 Å². The molecule has 2 aromatic carbocycles. The molecule has 0 atom stereocenters. The SMILES string of the molecule is O=C(NCc1cccc(F)c1)c1ccc(COc2ccccc2)o1. The maximum Gasteiger partial charge on any atom is 0.287 e. The fourth-order valence-electron chi connectivity index (χ4n) is 2.17. The number of carbonyl (C=O) groups excluding carboxylic acids is 1. The third kappa shape index (κ3) is 4.23. The fraction of sp³-hybridized carbons (Fsp3) is 0.105. The molecule has 24 heavy (non-hydrogen) atoms. The molecule has 1 aromatic heterocycles. The average molecular weight is 325 g/mol. The van der Waals surface area contributed by atoms with Crippen molar-refractivity contribution in [3.63, 3.8) is 0 Å². The Labute approximate surface area is 138 Å². The van der Waals surface area contributed by atoms with Crippen molar-refractivity contribution in [1.82, 2.24) is 5.32 Å². The van der Waals surface area contributed by atoms with Crippen LogP contribution in [-0.4, -0.2) is 5.91 Å². The molecule has 0 radical (unpaired) electrons. The molecule has 3 aromatic rings. The van der Waals surface area contributed by atoms with Crippen molar-refractivity contribution >= 4 is 5.91 Å². The third-order valence-electron chi connectivity index (χ3n) is 3.35. The van der Waals surface area contributed by atoms with Crippen LogP contribution in [0.3, 0.4) is 0 Å². The van der Waals surface area contributed by atoms with E-state index < -0.39 is 0 Å². The predicted molar refractivity (Wildman–Crippen MR) is 87.1 cm³/mol. The van der Waals surface area contributed by atoms with Gasteiger partial charge >= 0.3 is 0 Å². The van der Waals surface area contributed by atoms with Crippen LogP contribution >= 0.6 is 0 Å². The van der Waals surface area contributed by atoms with Gasteiger partial charge in [-0.25, -0.2) is 4.39 Å². The molecule has 0 aliphatic carbocycles. The van der Waals surface area contributed by atoms with E-state index in [-0.39, 0.29) is 30.6 Å². The minimum atomic E-state index is -0.356. The van der Waals surface area contributed by atoms with E-state index in [0.717, 1.165) is 5.75 Å². The van der Waals surface area contributed by atoms with Crippen LogP contribution in [0.25, 0.3) is 0 Å². The van der Waals surface area contributed by atoms with Crippen LogP contribution in [0.2, 0.25) is 0 Å². The zero-order valence-corrected chi connectivity index (χ0v) is 12.9. The standard InChI is InChI=1S/C19H16FNO3/c20-15-6-4-5-14(11-15)12-21-19(22)18-10-9-17(24-18)13-23-16-7-2-1-3-8-16/h1-11H,12-13H2,(H,21,22). The number of carbonyl (C=O) groups is 1. The van der Waals surface area contributed by atoms with Gasteiger partial charge in [0.2, 0.25) is 0 Å². The molecule has 0 saturated carbocycles. The van der Waals surface area contributed by atoms with Crippen LogP contribution in [0.1, 0.15) is 21.9 Å². The fourth-order valence-corrected chi connectivity index (χ4v) is 2.17. The lowest BCUT2D eigenvalue weighted by Gasteiger charge is -2.04. The molecule has 0 aliphatic heterocycles. The molecule has 122 valence electrons. The van der Waals surface area contributed by atoms with Gasteiger partial charge in [-0.2, -0.15) is 0 Å². The van der Waals surface area contributed by atoms with Gasteiger partial charge in [-0.05, 0) is 42.0 Å². The van der Waals surface area contributed by atoms with Crippen molar-refractivity contribution in [3.05, 3.63) is 89.6 Å². The molecule has 0 unspecified atom stereocenters. The van der Waals surface area contributed by atoms with Gasteiger partial charge in [-0.15, -0.1) is 0 Å². The van der Waals surface area contributed by atoms with Crippen molar-refractivity contribution in [1.29, 1.82) is 0 Å². The summed E-state index contributed by atoms with van der Waals surface area (Å²) in [5.74, 6) is 0.782. The molecule has 4 nitrogen and oxygen atoms in total. The number of rotatable bonds is 6. The lowest BCUT2D eigenvalue weighted by molar-refractivity contribution is 0.0919. The first-order valence-electron chi connectivity index (χ1n) is 7.50. The third-order valence-corrected chi connectivity index (χ3v) is 3.35. The zero-order valence-electron chi connectivity index (χ0n) is 12.9. The van der Waals surface area contributed by atoms with E-state index in [9.17, 15) is 9.18 Å². The molecular formula is C19H16FNO3. The molecule has 3 rings (SSSR count). The van der Waals surface area contributed by atoms with E-state index >= 15 is 0 Å². The zero-order chi connectivity index (χ0) is 16.8. The van der Waals surface area contributed by atoms with Crippen LogP contribution < -0.4 is 10.1 Å².